The van der Waals surface area contributed by atoms with Crippen molar-refractivity contribution in [3.8, 4) is 11.5 Å². The highest BCUT2D eigenvalue weighted by Crippen LogP contribution is 2.17. The highest BCUT2D eigenvalue weighted by atomic mass is 19.1. The molecule has 0 aliphatic heterocycles. The van der Waals surface area contributed by atoms with Crippen LogP contribution in [0.25, 0.3) is 0 Å². The molecule has 0 fully saturated rings. The summed E-state index contributed by atoms with van der Waals surface area (Å²) in [5.74, 6) is -1.38. The first-order valence-electron chi connectivity index (χ1n) is 8.62. The summed E-state index contributed by atoms with van der Waals surface area (Å²) < 4.78 is 23.8. The first kappa shape index (κ1) is 19.1. The van der Waals surface area contributed by atoms with E-state index < -0.39 is 18.4 Å². The van der Waals surface area contributed by atoms with Crippen LogP contribution in [0.1, 0.15) is 15.9 Å². The Balaban J connectivity index is 1.54. The molecule has 0 radical (unpaired) electrons. The molecule has 3 aromatic carbocycles. The van der Waals surface area contributed by atoms with Gasteiger partial charge in [0.05, 0.1) is 0 Å². The van der Waals surface area contributed by atoms with Crippen LogP contribution in [0, 0.1) is 5.82 Å². The first-order chi connectivity index (χ1) is 13.6. The third kappa shape index (κ3) is 5.41. The molecule has 28 heavy (non-hydrogen) atoms. The molecule has 0 aliphatic rings. The second kappa shape index (κ2) is 9.32. The molecule has 0 aliphatic carbocycles. The van der Waals surface area contributed by atoms with Crippen molar-refractivity contribution in [2.24, 2.45) is 0 Å². The van der Waals surface area contributed by atoms with Crippen LogP contribution < -0.4 is 14.8 Å². The van der Waals surface area contributed by atoms with E-state index in [1.54, 1.807) is 24.3 Å². The molecule has 0 saturated carbocycles. The maximum Gasteiger partial charge on any atom is 0.349 e. The minimum Gasteiger partial charge on any atom is -0.479 e. The molecule has 5 nitrogen and oxygen atoms in total. The summed E-state index contributed by atoms with van der Waals surface area (Å²) in [4.78, 5) is 24.2. The molecule has 142 valence electrons. The molecule has 0 atom stereocenters. The first-order valence-corrected chi connectivity index (χ1v) is 8.62. The van der Waals surface area contributed by atoms with Crippen molar-refractivity contribution < 1.29 is 23.5 Å². The minimum absolute atomic E-state index is 0.0338. The smallest absolute Gasteiger partial charge is 0.349 e. The van der Waals surface area contributed by atoms with Crippen LogP contribution in [-0.4, -0.2) is 18.5 Å². The van der Waals surface area contributed by atoms with Crippen LogP contribution in [0.2, 0.25) is 0 Å². The van der Waals surface area contributed by atoms with Crippen LogP contribution in [0.15, 0.2) is 78.9 Å². The van der Waals surface area contributed by atoms with Gasteiger partial charge in [-0.2, -0.15) is 0 Å². The van der Waals surface area contributed by atoms with Gasteiger partial charge < -0.3 is 14.8 Å². The monoisotopic (exact) mass is 379 g/mol. The Morgan fingerprint density at radius 2 is 1.64 bits per heavy atom. The van der Waals surface area contributed by atoms with Crippen molar-refractivity contribution in [2.75, 3.05) is 6.61 Å². The number of esters is 1. The standard InChI is InChI=1S/C22H18FNO4/c23-19-11-4-5-12-20(19)27-15-21(25)28-18-10-6-9-17(13-18)22(26)24-14-16-7-2-1-3-8-16/h1-13H,14-15H2,(H,24,26). The average Bonchev–Trinajstić information content (AvgIpc) is 2.72. The molecular weight excluding hydrogens is 361 g/mol. The molecule has 3 aromatic rings. The lowest BCUT2D eigenvalue weighted by Gasteiger charge is -2.09. The Labute approximate surface area is 161 Å². The fourth-order valence-corrected chi connectivity index (χ4v) is 2.44. The summed E-state index contributed by atoms with van der Waals surface area (Å²) in [6.07, 6.45) is 0. The molecule has 0 heterocycles. The Morgan fingerprint density at radius 3 is 2.43 bits per heavy atom. The number of para-hydroxylation sites is 1. The van der Waals surface area contributed by atoms with E-state index in [9.17, 15) is 14.0 Å². The number of hydrogen-bond acceptors (Lipinski definition) is 4. The van der Waals surface area contributed by atoms with Crippen molar-refractivity contribution >= 4 is 11.9 Å². The number of rotatable bonds is 7. The number of benzene rings is 3. The Bertz CT molecular complexity index is 960. The Morgan fingerprint density at radius 1 is 0.893 bits per heavy atom. The predicted octanol–water partition coefficient (Wildman–Crippen LogP) is 3.74. The topological polar surface area (TPSA) is 64.6 Å². The molecule has 0 spiro atoms. The zero-order valence-electron chi connectivity index (χ0n) is 14.9. The normalized spacial score (nSPS) is 10.2. The molecule has 1 amide bonds. The van der Waals surface area contributed by atoms with Gasteiger partial charge in [0.25, 0.3) is 5.91 Å². The maximum atomic E-state index is 13.5. The van der Waals surface area contributed by atoms with E-state index in [1.807, 2.05) is 30.3 Å². The number of amides is 1. The van der Waals surface area contributed by atoms with Gasteiger partial charge in [-0.25, -0.2) is 9.18 Å². The van der Waals surface area contributed by atoms with E-state index in [0.717, 1.165) is 5.56 Å². The van der Waals surface area contributed by atoms with Gasteiger partial charge in [0.1, 0.15) is 5.75 Å². The summed E-state index contributed by atoms with van der Waals surface area (Å²) in [7, 11) is 0. The number of carbonyl (C=O) groups is 2. The molecule has 0 bridgehead atoms. The van der Waals surface area contributed by atoms with Gasteiger partial charge in [-0.3, -0.25) is 4.79 Å². The third-order valence-corrected chi connectivity index (χ3v) is 3.81. The number of hydrogen-bond donors (Lipinski definition) is 1. The van der Waals surface area contributed by atoms with Crippen molar-refractivity contribution in [1.82, 2.24) is 5.32 Å². The zero-order chi connectivity index (χ0) is 19.8. The fourth-order valence-electron chi connectivity index (χ4n) is 2.44. The van der Waals surface area contributed by atoms with Crippen LogP contribution in [0.4, 0.5) is 4.39 Å². The predicted molar refractivity (Wildman–Crippen MR) is 102 cm³/mol. The van der Waals surface area contributed by atoms with Gasteiger partial charge in [-0.1, -0.05) is 48.5 Å². The van der Waals surface area contributed by atoms with Crippen LogP contribution in [0.5, 0.6) is 11.5 Å². The maximum absolute atomic E-state index is 13.5. The summed E-state index contributed by atoms with van der Waals surface area (Å²) in [5.41, 5.74) is 1.33. The van der Waals surface area contributed by atoms with Gasteiger partial charge in [0.2, 0.25) is 0 Å². The van der Waals surface area contributed by atoms with E-state index in [-0.39, 0.29) is 17.4 Å². The highest BCUT2D eigenvalue weighted by Gasteiger charge is 2.11. The number of halogens is 1. The lowest BCUT2D eigenvalue weighted by Crippen LogP contribution is -2.23. The average molecular weight is 379 g/mol. The van der Waals surface area contributed by atoms with Crippen molar-refractivity contribution in [3.05, 3.63) is 95.8 Å². The van der Waals surface area contributed by atoms with Crippen molar-refractivity contribution in [3.63, 3.8) is 0 Å². The van der Waals surface area contributed by atoms with Crippen LogP contribution >= 0.6 is 0 Å². The molecule has 0 aromatic heterocycles. The number of carbonyl (C=O) groups excluding carboxylic acids is 2. The SMILES string of the molecule is O=C(COc1ccccc1F)Oc1cccc(C(=O)NCc2ccccc2)c1. The van der Waals surface area contributed by atoms with Crippen LogP contribution in [0.3, 0.4) is 0 Å². The number of nitrogens with one attached hydrogen (secondary N) is 1. The van der Waals surface area contributed by atoms with Gasteiger partial charge in [0, 0.05) is 12.1 Å². The minimum atomic E-state index is -0.704. The molecular formula is C22H18FNO4. The van der Waals surface area contributed by atoms with Crippen molar-refractivity contribution in [2.45, 2.75) is 6.54 Å². The quantitative estimate of drug-likeness (QED) is 0.502. The van der Waals surface area contributed by atoms with Gasteiger partial charge in [-0.05, 0) is 35.9 Å². The van der Waals surface area contributed by atoms with Crippen LogP contribution in [-0.2, 0) is 11.3 Å². The van der Waals surface area contributed by atoms with Gasteiger partial charge in [0.15, 0.2) is 18.2 Å². The highest BCUT2D eigenvalue weighted by molar-refractivity contribution is 5.94. The van der Waals surface area contributed by atoms with E-state index in [4.69, 9.17) is 9.47 Å². The lowest BCUT2D eigenvalue weighted by molar-refractivity contribution is -0.136. The Kier molecular flexibility index (Phi) is 6.36. The summed E-state index contributed by atoms with van der Waals surface area (Å²) in [5, 5.41) is 2.80. The molecule has 6 heteroatoms. The molecule has 0 unspecified atom stereocenters. The van der Waals surface area contributed by atoms with E-state index >= 15 is 0 Å². The lowest BCUT2D eigenvalue weighted by atomic mass is 10.2. The summed E-state index contributed by atoms with van der Waals surface area (Å²) in [6, 6.07) is 21.5. The molecule has 0 saturated heterocycles. The summed E-state index contributed by atoms with van der Waals surface area (Å²) >= 11 is 0. The van der Waals surface area contributed by atoms with E-state index in [0.29, 0.717) is 12.1 Å². The largest absolute Gasteiger partial charge is 0.479 e. The fraction of sp³-hybridized carbons (Fsp3) is 0.0909. The van der Waals surface area contributed by atoms with Gasteiger partial charge >= 0.3 is 5.97 Å². The Hall–Kier alpha value is -3.67. The van der Waals surface area contributed by atoms with Gasteiger partial charge in [-0.15, -0.1) is 0 Å². The summed E-state index contributed by atoms with van der Waals surface area (Å²) in [6.45, 7) is -0.0640. The zero-order valence-corrected chi connectivity index (χ0v) is 14.9. The molecule has 3 rings (SSSR count). The van der Waals surface area contributed by atoms with E-state index in [2.05, 4.69) is 5.32 Å². The molecule has 1 N–H and O–H groups in total. The second-order valence-electron chi connectivity index (χ2n) is 5.89. The third-order valence-electron chi connectivity index (χ3n) is 3.81. The second-order valence-corrected chi connectivity index (χ2v) is 5.89. The van der Waals surface area contributed by atoms with Crippen molar-refractivity contribution in [1.29, 1.82) is 0 Å². The number of ether oxygens (including phenoxy) is 2. The van der Waals surface area contributed by atoms with E-state index in [1.165, 1.54) is 24.3 Å².